The number of nitrogens with two attached hydrogens (primary N) is 1. The van der Waals surface area contributed by atoms with Crippen molar-refractivity contribution in [1.29, 1.82) is 0 Å². The third kappa shape index (κ3) is 2.44. The standard InChI is InChI=1S/C11H19N2/c1-3-6-10-8-5-9-11(7-4-2)13(10)12/h5,8-9H,3-4,6-7,12H2,1-2H3/q+1. The molecule has 0 aliphatic heterocycles. The Morgan fingerprint density at radius 2 is 1.54 bits per heavy atom. The first-order valence-corrected chi connectivity index (χ1v) is 5.07. The number of aryl methyl sites for hydroxylation is 2. The minimum absolute atomic E-state index is 1.06. The molecule has 13 heavy (non-hydrogen) atoms. The number of rotatable bonds is 4. The molecule has 0 aromatic carbocycles. The molecule has 72 valence electrons. The Bertz CT molecular complexity index is 245. The van der Waals surface area contributed by atoms with Gasteiger partial charge >= 0.3 is 0 Å². The highest BCUT2D eigenvalue weighted by molar-refractivity contribution is 5.04. The quantitative estimate of drug-likeness (QED) is 0.552. The lowest BCUT2D eigenvalue weighted by molar-refractivity contribution is -0.655. The van der Waals surface area contributed by atoms with Crippen molar-refractivity contribution in [1.82, 2.24) is 0 Å². The van der Waals surface area contributed by atoms with Crippen LogP contribution in [0.4, 0.5) is 0 Å². The van der Waals surface area contributed by atoms with Crippen LogP contribution in [-0.4, -0.2) is 0 Å². The number of nitrogens with zero attached hydrogens (tertiary/aromatic N) is 1. The van der Waals surface area contributed by atoms with E-state index in [0.29, 0.717) is 0 Å². The Kier molecular flexibility index (Phi) is 3.74. The summed E-state index contributed by atoms with van der Waals surface area (Å²) in [4.78, 5) is 0. The number of hydrogen-bond acceptors (Lipinski definition) is 1. The summed E-state index contributed by atoms with van der Waals surface area (Å²) in [5, 5.41) is 0. The molecule has 2 heteroatoms. The third-order valence-electron chi connectivity index (χ3n) is 2.21. The highest BCUT2D eigenvalue weighted by Crippen LogP contribution is 2.00. The van der Waals surface area contributed by atoms with Crippen molar-refractivity contribution in [3.63, 3.8) is 0 Å². The summed E-state index contributed by atoms with van der Waals surface area (Å²) in [6.45, 7) is 4.35. The van der Waals surface area contributed by atoms with E-state index in [1.165, 1.54) is 11.4 Å². The van der Waals surface area contributed by atoms with Crippen LogP contribution in [0.25, 0.3) is 0 Å². The van der Waals surface area contributed by atoms with Crippen LogP contribution in [0.1, 0.15) is 38.1 Å². The zero-order valence-electron chi connectivity index (χ0n) is 8.59. The average molecular weight is 179 g/mol. The summed E-state index contributed by atoms with van der Waals surface area (Å²) in [6.07, 6.45) is 4.42. The van der Waals surface area contributed by atoms with Gasteiger partial charge in [-0.25, -0.2) is 5.84 Å². The van der Waals surface area contributed by atoms with E-state index in [-0.39, 0.29) is 0 Å². The lowest BCUT2D eigenvalue weighted by atomic mass is 10.2. The summed E-state index contributed by atoms with van der Waals surface area (Å²) < 4.78 is 1.84. The Labute approximate surface area is 80.4 Å². The molecule has 1 aromatic heterocycles. The number of nitrogen functional groups attached to an aromatic ring is 1. The average Bonchev–Trinajstić information content (AvgIpc) is 2.13. The molecule has 1 aromatic rings. The molecule has 0 saturated carbocycles. The van der Waals surface area contributed by atoms with Gasteiger partial charge in [0.1, 0.15) is 0 Å². The predicted octanol–water partition coefficient (Wildman–Crippen LogP) is 1.59. The first kappa shape index (κ1) is 10.0. The Morgan fingerprint density at radius 3 is 1.92 bits per heavy atom. The summed E-state index contributed by atoms with van der Waals surface area (Å²) >= 11 is 0. The van der Waals surface area contributed by atoms with Gasteiger partial charge in [-0.3, -0.25) is 0 Å². The van der Waals surface area contributed by atoms with Crippen molar-refractivity contribution in [2.45, 2.75) is 39.5 Å². The van der Waals surface area contributed by atoms with Crippen LogP contribution in [0, 0.1) is 0 Å². The van der Waals surface area contributed by atoms with E-state index in [1.54, 1.807) is 0 Å². The molecule has 2 N–H and O–H groups in total. The lowest BCUT2D eigenvalue weighted by Gasteiger charge is -2.01. The predicted molar refractivity (Wildman–Crippen MR) is 54.8 cm³/mol. The van der Waals surface area contributed by atoms with Crippen LogP contribution < -0.4 is 10.5 Å². The largest absolute Gasteiger partial charge is 0.211 e. The Hall–Kier alpha value is -1.05. The minimum atomic E-state index is 1.06. The zero-order valence-corrected chi connectivity index (χ0v) is 8.59. The van der Waals surface area contributed by atoms with Crippen molar-refractivity contribution in [3.05, 3.63) is 29.6 Å². The van der Waals surface area contributed by atoms with Gasteiger partial charge in [0.2, 0.25) is 11.4 Å². The number of aromatic nitrogens is 1. The van der Waals surface area contributed by atoms with Gasteiger partial charge in [-0.1, -0.05) is 18.5 Å². The molecule has 0 fully saturated rings. The molecule has 0 unspecified atom stereocenters. The fourth-order valence-corrected chi connectivity index (χ4v) is 1.54. The summed E-state index contributed by atoms with van der Waals surface area (Å²) in [5.74, 6) is 5.97. The van der Waals surface area contributed by atoms with Gasteiger partial charge in [0.25, 0.3) is 0 Å². The van der Waals surface area contributed by atoms with Crippen LogP contribution >= 0.6 is 0 Å². The molecular weight excluding hydrogens is 160 g/mol. The highest BCUT2D eigenvalue weighted by atomic mass is 15.3. The molecule has 0 aliphatic carbocycles. The van der Waals surface area contributed by atoms with Crippen LogP contribution in [0.15, 0.2) is 18.2 Å². The smallest absolute Gasteiger partial charge is 0.205 e. The minimum Gasteiger partial charge on any atom is -0.205 e. The molecule has 0 amide bonds. The van der Waals surface area contributed by atoms with Crippen LogP contribution in [0.2, 0.25) is 0 Å². The van der Waals surface area contributed by atoms with E-state index in [2.05, 4.69) is 32.0 Å². The summed E-state index contributed by atoms with van der Waals surface area (Å²) in [7, 11) is 0. The van der Waals surface area contributed by atoms with E-state index < -0.39 is 0 Å². The van der Waals surface area contributed by atoms with Gasteiger partial charge in [-0.05, 0) is 18.9 Å². The van der Waals surface area contributed by atoms with Gasteiger partial charge in [0, 0.05) is 25.0 Å². The van der Waals surface area contributed by atoms with E-state index in [4.69, 9.17) is 5.84 Å². The second-order valence-corrected chi connectivity index (χ2v) is 3.38. The molecule has 0 spiro atoms. The third-order valence-corrected chi connectivity index (χ3v) is 2.21. The SMILES string of the molecule is CCCc1cccc(CCC)[n+]1N. The van der Waals surface area contributed by atoms with Crippen molar-refractivity contribution >= 4 is 0 Å². The number of pyridine rings is 1. The molecule has 2 nitrogen and oxygen atoms in total. The van der Waals surface area contributed by atoms with Gasteiger partial charge in [-0.2, -0.15) is 0 Å². The molecule has 0 saturated heterocycles. The Balaban J connectivity index is 2.89. The van der Waals surface area contributed by atoms with Gasteiger partial charge in [0.15, 0.2) is 0 Å². The van der Waals surface area contributed by atoms with Gasteiger partial charge in [-0.15, -0.1) is 0 Å². The first-order chi connectivity index (χ1) is 6.29. The van der Waals surface area contributed by atoms with Gasteiger partial charge < -0.3 is 0 Å². The van der Waals surface area contributed by atoms with E-state index in [0.717, 1.165) is 25.7 Å². The molecule has 1 heterocycles. The molecule has 0 atom stereocenters. The number of hydrogen-bond donors (Lipinski definition) is 1. The maximum absolute atomic E-state index is 5.97. The fourth-order valence-electron chi connectivity index (χ4n) is 1.54. The normalized spacial score (nSPS) is 10.3. The zero-order chi connectivity index (χ0) is 9.68. The van der Waals surface area contributed by atoms with E-state index in [1.807, 2.05) is 4.68 Å². The molecule has 0 bridgehead atoms. The van der Waals surface area contributed by atoms with Crippen molar-refractivity contribution in [3.8, 4) is 0 Å². The maximum Gasteiger partial charge on any atom is 0.211 e. The fraction of sp³-hybridized carbons (Fsp3) is 0.545. The molecule has 1 rings (SSSR count). The maximum atomic E-state index is 5.97. The topological polar surface area (TPSA) is 29.9 Å². The van der Waals surface area contributed by atoms with Crippen molar-refractivity contribution < 1.29 is 4.68 Å². The van der Waals surface area contributed by atoms with Crippen LogP contribution in [-0.2, 0) is 12.8 Å². The van der Waals surface area contributed by atoms with Crippen LogP contribution in [0.3, 0.4) is 0 Å². The van der Waals surface area contributed by atoms with Crippen molar-refractivity contribution in [2.75, 3.05) is 5.84 Å². The van der Waals surface area contributed by atoms with E-state index in [9.17, 15) is 0 Å². The summed E-state index contributed by atoms with van der Waals surface area (Å²) in [6, 6.07) is 6.30. The highest BCUT2D eigenvalue weighted by Gasteiger charge is 2.11. The lowest BCUT2D eigenvalue weighted by Crippen LogP contribution is -2.51. The summed E-state index contributed by atoms with van der Waals surface area (Å²) in [5.41, 5.74) is 2.46. The first-order valence-electron chi connectivity index (χ1n) is 5.07. The van der Waals surface area contributed by atoms with Crippen LogP contribution in [0.5, 0.6) is 0 Å². The Morgan fingerprint density at radius 1 is 1.08 bits per heavy atom. The monoisotopic (exact) mass is 179 g/mol. The van der Waals surface area contributed by atoms with Gasteiger partial charge in [0.05, 0.1) is 0 Å². The molecular formula is C11H19N2+. The van der Waals surface area contributed by atoms with E-state index >= 15 is 0 Å². The molecule has 0 aliphatic rings. The second kappa shape index (κ2) is 4.85. The molecule has 0 radical (unpaired) electrons. The second-order valence-electron chi connectivity index (χ2n) is 3.38. The van der Waals surface area contributed by atoms with Crippen molar-refractivity contribution in [2.24, 2.45) is 0 Å².